The molecule has 0 unspecified atom stereocenters. The minimum atomic E-state index is -0.850. The smallest absolute Gasteiger partial charge is 0.325 e. The molecule has 2 N–H and O–H groups in total. The van der Waals surface area contributed by atoms with Crippen LogP contribution in [0.4, 0.5) is 4.79 Å². The molecular formula is C15H25N3O4. The predicted octanol–water partition coefficient (Wildman–Crippen LogP) is 1.04. The number of carbonyl (C=O) groups is 3. The van der Waals surface area contributed by atoms with Gasteiger partial charge in [0.2, 0.25) is 0 Å². The summed E-state index contributed by atoms with van der Waals surface area (Å²) in [4.78, 5) is 38.7. The lowest BCUT2D eigenvalue weighted by Gasteiger charge is -2.37. The van der Waals surface area contributed by atoms with Gasteiger partial charge in [-0.05, 0) is 38.6 Å². The minimum Gasteiger partial charge on any atom is -0.481 e. The second-order valence-corrected chi connectivity index (χ2v) is 6.16. The van der Waals surface area contributed by atoms with Gasteiger partial charge in [-0.2, -0.15) is 0 Å². The third-order valence-electron chi connectivity index (χ3n) is 4.52. The quantitative estimate of drug-likeness (QED) is 0.541. The number of nitrogens with zero attached hydrogens (tertiary/aromatic N) is 2. The van der Waals surface area contributed by atoms with E-state index in [1.807, 2.05) is 0 Å². The summed E-state index contributed by atoms with van der Waals surface area (Å²) >= 11 is 0. The monoisotopic (exact) mass is 311 g/mol. The Morgan fingerprint density at radius 2 is 1.91 bits per heavy atom. The highest BCUT2D eigenvalue weighted by Crippen LogP contribution is 2.29. The van der Waals surface area contributed by atoms with E-state index < -0.39 is 11.5 Å². The zero-order valence-corrected chi connectivity index (χ0v) is 13.1. The van der Waals surface area contributed by atoms with Crippen LogP contribution in [0.1, 0.15) is 45.4 Å². The van der Waals surface area contributed by atoms with E-state index in [-0.39, 0.29) is 18.4 Å². The fourth-order valence-corrected chi connectivity index (χ4v) is 3.24. The number of amides is 3. The molecule has 124 valence electrons. The maximum absolute atomic E-state index is 12.6. The van der Waals surface area contributed by atoms with Crippen molar-refractivity contribution in [2.75, 3.05) is 26.2 Å². The van der Waals surface area contributed by atoms with Crippen LogP contribution in [0.15, 0.2) is 0 Å². The van der Waals surface area contributed by atoms with Gasteiger partial charge in [-0.15, -0.1) is 0 Å². The first-order chi connectivity index (χ1) is 10.5. The maximum Gasteiger partial charge on any atom is 0.325 e. The second-order valence-electron chi connectivity index (χ2n) is 6.16. The van der Waals surface area contributed by atoms with E-state index in [2.05, 4.69) is 17.1 Å². The summed E-state index contributed by atoms with van der Waals surface area (Å²) in [6.07, 6.45) is 3.48. The third kappa shape index (κ3) is 3.58. The highest BCUT2D eigenvalue weighted by atomic mass is 16.4. The Morgan fingerprint density at radius 3 is 2.50 bits per heavy atom. The Hall–Kier alpha value is -1.63. The van der Waals surface area contributed by atoms with Crippen molar-refractivity contribution in [1.82, 2.24) is 15.1 Å². The van der Waals surface area contributed by atoms with Crippen LogP contribution < -0.4 is 5.32 Å². The molecule has 2 saturated heterocycles. The van der Waals surface area contributed by atoms with E-state index in [1.54, 1.807) is 0 Å². The molecule has 2 aliphatic rings. The van der Waals surface area contributed by atoms with Crippen LogP contribution in [0.25, 0.3) is 0 Å². The largest absolute Gasteiger partial charge is 0.481 e. The lowest BCUT2D eigenvalue weighted by molar-refractivity contribution is -0.137. The summed E-state index contributed by atoms with van der Waals surface area (Å²) in [5.74, 6) is -0.985. The molecule has 2 rings (SSSR count). The van der Waals surface area contributed by atoms with Crippen LogP contribution in [0.5, 0.6) is 0 Å². The normalized spacial score (nSPS) is 21.4. The van der Waals surface area contributed by atoms with Gasteiger partial charge in [0, 0.05) is 26.1 Å². The van der Waals surface area contributed by atoms with Gasteiger partial charge in [0.1, 0.15) is 5.54 Å². The Bertz CT molecular complexity index is 444. The van der Waals surface area contributed by atoms with E-state index >= 15 is 0 Å². The highest BCUT2D eigenvalue weighted by molar-refractivity contribution is 6.07. The highest BCUT2D eigenvalue weighted by Gasteiger charge is 2.51. The molecule has 0 aliphatic carbocycles. The van der Waals surface area contributed by atoms with Crippen LogP contribution >= 0.6 is 0 Å². The van der Waals surface area contributed by atoms with Crippen LogP contribution in [0.2, 0.25) is 0 Å². The minimum absolute atomic E-state index is 0.0702. The SMILES string of the molecule is CCCN1CCC2(CC1)NC(=O)N(CCCCC(=O)O)C2=O. The lowest BCUT2D eigenvalue weighted by Crippen LogP contribution is -2.55. The standard InChI is InChI=1S/C15H25N3O4/c1-2-8-17-10-6-15(7-11-17)13(21)18(14(22)16-15)9-4-3-5-12(19)20/h2-11H2,1H3,(H,16,22)(H,19,20). The Kier molecular flexibility index (Phi) is 5.39. The molecule has 0 atom stereocenters. The Labute approximate surface area is 130 Å². The van der Waals surface area contributed by atoms with E-state index in [9.17, 15) is 14.4 Å². The van der Waals surface area contributed by atoms with Crippen molar-refractivity contribution in [3.05, 3.63) is 0 Å². The molecule has 7 nitrogen and oxygen atoms in total. The number of unbranched alkanes of at least 4 members (excludes halogenated alkanes) is 1. The molecule has 0 aromatic carbocycles. The molecule has 7 heteroatoms. The molecule has 1 spiro atoms. The van der Waals surface area contributed by atoms with Gasteiger partial charge in [-0.25, -0.2) is 4.79 Å². The molecule has 0 bridgehead atoms. The number of hydrogen-bond donors (Lipinski definition) is 2. The van der Waals surface area contributed by atoms with Gasteiger partial charge in [-0.3, -0.25) is 14.5 Å². The number of imide groups is 1. The molecule has 22 heavy (non-hydrogen) atoms. The van der Waals surface area contributed by atoms with Crippen LogP contribution in [0, 0.1) is 0 Å². The summed E-state index contributed by atoms with van der Waals surface area (Å²) in [6, 6.07) is -0.329. The summed E-state index contributed by atoms with van der Waals surface area (Å²) in [7, 11) is 0. The van der Waals surface area contributed by atoms with Gasteiger partial charge in [0.15, 0.2) is 0 Å². The Morgan fingerprint density at radius 1 is 1.23 bits per heavy atom. The summed E-state index contributed by atoms with van der Waals surface area (Å²) in [6.45, 7) is 5.11. The second kappa shape index (κ2) is 7.09. The van der Waals surface area contributed by atoms with Gasteiger partial charge < -0.3 is 15.3 Å². The number of carbonyl (C=O) groups excluding carboxylic acids is 2. The first-order valence-corrected chi connectivity index (χ1v) is 8.07. The van der Waals surface area contributed by atoms with Crippen molar-refractivity contribution in [3.8, 4) is 0 Å². The molecule has 0 aromatic rings. The number of rotatable bonds is 7. The van der Waals surface area contributed by atoms with E-state index in [1.165, 1.54) is 4.90 Å². The zero-order valence-electron chi connectivity index (χ0n) is 13.1. The molecule has 3 amide bonds. The molecule has 2 fully saturated rings. The number of likely N-dealkylation sites (tertiary alicyclic amines) is 1. The topological polar surface area (TPSA) is 90.0 Å². The number of carboxylic acids is 1. The van der Waals surface area contributed by atoms with Crippen LogP contribution in [-0.2, 0) is 9.59 Å². The maximum atomic E-state index is 12.6. The number of piperidine rings is 1. The molecule has 2 aliphatic heterocycles. The number of urea groups is 1. The van der Waals surface area contributed by atoms with Crippen molar-refractivity contribution < 1.29 is 19.5 Å². The molecular weight excluding hydrogens is 286 g/mol. The van der Waals surface area contributed by atoms with Gasteiger partial charge in [0.05, 0.1) is 0 Å². The van der Waals surface area contributed by atoms with E-state index in [4.69, 9.17) is 5.11 Å². The van der Waals surface area contributed by atoms with Crippen LogP contribution in [0.3, 0.4) is 0 Å². The van der Waals surface area contributed by atoms with Gasteiger partial charge >= 0.3 is 12.0 Å². The third-order valence-corrected chi connectivity index (χ3v) is 4.52. The van der Waals surface area contributed by atoms with Crippen molar-refractivity contribution >= 4 is 17.9 Å². The molecule has 0 saturated carbocycles. The van der Waals surface area contributed by atoms with Crippen molar-refractivity contribution in [2.45, 2.75) is 51.0 Å². The molecule has 2 heterocycles. The van der Waals surface area contributed by atoms with Gasteiger partial charge in [0.25, 0.3) is 5.91 Å². The Balaban J connectivity index is 1.87. The van der Waals surface area contributed by atoms with E-state index in [0.29, 0.717) is 32.2 Å². The van der Waals surface area contributed by atoms with E-state index in [0.717, 1.165) is 26.1 Å². The van der Waals surface area contributed by atoms with Crippen molar-refractivity contribution in [2.24, 2.45) is 0 Å². The zero-order chi connectivity index (χ0) is 16.2. The van der Waals surface area contributed by atoms with Crippen LogP contribution in [-0.4, -0.2) is 64.5 Å². The fraction of sp³-hybridized carbons (Fsp3) is 0.800. The average Bonchev–Trinajstić information content (AvgIpc) is 2.70. The first-order valence-electron chi connectivity index (χ1n) is 8.07. The summed E-state index contributed by atoms with van der Waals surface area (Å²) < 4.78 is 0. The summed E-state index contributed by atoms with van der Waals surface area (Å²) in [5, 5.41) is 11.5. The summed E-state index contributed by atoms with van der Waals surface area (Å²) in [5.41, 5.74) is -0.728. The fourth-order valence-electron chi connectivity index (χ4n) is 3.24. The number of carboxylic acid groups (broad SMARTS) is 1. The lowest BCUT2D eigenvalue weighted by atomic mass is 9.87. The van der Waals surface area contributed by atoms with Crippen molar-refractivity contribution in [3.63, 3.8) is 0 Å². The number of aliphatic carboxylic acids is 1. The molecule has 0 aromatic heterocycles. The molecule has 0 radical (unpaired) electrons. The first kappa shape index (κ1) is 16.7. The predicted molar refractivity (Wildman–Crippen MR) is 80.4 cm³/mol. The number of hydrogen-bond acceptors (Lipinski definition) is 4. The van der Waals surface area contributed by atoms with Crippen molar-refractivity contribution in [1.29, 1.82) is 0 Å². The van der Waals surface area contributed by atoms with Gasteiger partial charge in [-0.1, -0.05) is 6.92 Å². The average molecular weight is 311 g/mol. The number of nitrogens with one attached hydrogen (secondary N) is 1.